The number of hydrogen-bond acceptors (Lipinski definition) is 4. The Hall–Kier alpha value is -2.50. The van der Waals surface area contributed by atoms with E-state index in [9.17, 15) is 0 Å². The molecule has 0 bridgehead atoms. The van der Waals surface area contributed by atoms with Gasteiger partial charge in [0.05, 0.1) is 6.54 Å². The second-order valence-corrected chi connectivity index (χ2v) is 3.59. The van der Waals surface area contributed by atoms with Crippen LogP contribution in [0.25, 0.3) is 0 Å². The van der Waals surface area contributed by atoms with E-state index in [1.54, 1.807) is 17.0 Å². The molecule has 0 aliphatic rings. The van der Waals surface area contributed by atoms with Gasteiger partial charge in [0.1, 0.15) is 12.4 Å². The van der Waals surface area contributed by atoms with Gasteiger partial charge in [0.15, 0.2) is 5.82 Å². The van der Waals surface area contributed by atoms with Crippen molar-refractivity contribution in [3.8, 4) is 5.75 Å². The fourth-order valence-corrected chi connectivity index (χ4v) is 1.55. The Balaban J connectivity index is 1.93. The largest absolute Gasteiger partial charge is 0.492 e. The van der Waals surface area contributed by atoms with Crippen molar-refractivity contribution in [2.45, 2.75) is 6.54 Å². The third-order valence-electron chi connectivity index (χ3n) is 2.40. The standard InChI is InChI=1S/C12H14N4O2/c13-11(15-17)12-14-6-7-16(12)8-9-18-10-4-2-1-3-5-10/h1-7,17H,8-9H2,(H2,13,15). The molecule has 0 aliphatic carbocycles. The molecule has 0 fully saturated rings. The second kappa shape index (κ2) is 5.72. The number of imidazole rings is 1. The number of amidine groups is 1. The normalized spacial score (nSPS) is 11.4. The molecule has 0 amide bonds. The molecule has 94 valence electrons. The Bertz CT molecular complexity index is 522. The predicted octanol–water partition coefficient (Wildman–Crippen LogP) is 1.06. The van der Waals surface area contributed by atoms with Gasteiger partial charge < -0.3 is 20.2 Å². The van der Waals surface area contributed by atoms with Gasteiger partial charge in [0.2, 0.25) is 5.84 Å². The van der Waals surface area contributed by atoms with E-state index in [1.807, 2.05) is 30.3 Å². The lowest BCUT2D eigenvalue weighted by Gasteiger charge is -2.08. The molecule has 18 heavy (non-hydrogen) atoms. The van der Waals surface area contributed by atoms with Crippen LogP contribution in [0.4, 0.5) is 0 Å². The van der Waals surface area contributed by atoms with Gasteiger partial charge in [-0.15, -0.1) is 0 Å². The molecule has 3 N–H and O–H groups in total. The van der Waals surface area contributed by atoms with Crippen LogP contribution in [0.3, 0.4) is 0 Å². The molecule has 0 spiro atoms. The van der Waals surface area contributed by atoms with Crippen molar-refractivity contribution in [3.63, 3.8) is 0 Å². The molecule has 1 aromatic carbocycles. The molecule has 0 radical (unpaired) electrons. The van der Waals surface area contributed by atoms with Crippen molar-refractivity contribution in [2.75, 3.05) is 6.61 Å². The quantitative estimate of drug-likeness (QED) is 0.357. The Labute approximate surface area is 104 Å². The van der Waals surface area contributed by atoms with Gasteiger partial charge in [-0.25, -0.2) is 4.98 Å². The molecule has 2 aromatic rings. The summed E-state index contributed by atoms with van der Waals surface area (Å²) in [5.74, 6) is 1.22. The lowest BCUT2D eigenvalue weighted by atomic mass is 10.3. The zero-order chi connectivity index (χ0) is 12.8. The first-order valence-corrected chi connectivity index (χ1v) is 5.48. The molecular weight excluding hydrogens is 232 g/mol. The monoisotopic (exact) mass is 246 g/mol. The minimum Gasteiger partial charge on any atom is -0.492 e. The van der Waals surface area contributed by atoms with E-state index in [0.717, 1.165) is 5.75 Å². The van der Waals surface area contributed by atoms with E-state index in [0.29, 0.717) is 19.0 Å². The number of nitrogens with zero attached hydrogens (tertiary/aromatic N) is 3. The first kappa shape index (κ1) is 12.0. The highest BCUT2D eigenvalue weighted by Crippen LogP contribution is 2.08. The van der Waals surface area contributed by atoms with Crippen molar-refractivity contribution >= 4 is 5.84 Å². The van der Waals surface area contributed by atoms with Gasteiger partial charge in [-0.2, -0.15) is 0 Å². The molecule has 0 saturated heterocycles. The molecule has 1 heterocycles. The van der Waals surface area contributed by atoms with Crippen molar-refractivity contribution in [1.29, 1.82) is 0 Å². The number of para-hydroxylation sites is 1. The van der Waals surface area contributed by atoms with Gasteiger partial charge in [-0.1, -0.05) is 23.4 Å². The Morgan fingerprint density at radius 3 is 2.89 bits per heavy atom. The molecular formula is C12H14N4O2. The van der Waals surface area contributed by atoms with Crippen LogP contribution in [0.2, 0.25) is 0 Å². The summed E-state index contributed by atoms with van der Waals surface area (Å²) in [4.78, 5) is 4.00. The van der Waals surface area contributed by atoms with Crippen molar-refractivity contribution in [2.24, 2.45) is 10.9 Å². The van der Waals surface area contributed by atoms with E-state index in [1.165, 1.54) is 0 Å². The first-order valence-electron chi connectivity index (χ1n) is 5.48. The fourth-order valence-electron chi connectivity index (χ4n) is 1.55. The van der Waals surface area contributed by atoms with Gasteiger partial charge >= 0.3 is 0 Å². The van der Waals surface area contributed by atoms with Crippen LogP contribution in [0.1, 0.15) is 5.82 Å². The number of rotatable bonds is 5. The summed E-state index contributed by atoms with van der Waals surface area (Å²) in [7, 11) is 0. The SMILES string of the molecule is NC(=NO)c1nccn1CCOc1ccccc1. The lowest BCUT2D eigenvalue weighted by Crippen LogP contribution is -2.21. The maximum absolute atomic E-state index is 8.61. The van der Waals surface area contributed by atoms with Crippen LogP contribution in [0.15, 0.2) is 47.9 Å². The topological polar surface area (TPSA) is 85.7 Å². The molecule has 0 atom stereocenters. The minimum atomic E-state index is -0.0142. The molecule has 0 aliphatic heterocycles. The van der Waals surface area contributed by atoms with Gasteiger partial charge in [0, 0.05) is 12.4 Å². The van der Waals surface area contributed by atoms with Crippen LogP contribution in [0.5, 0.6) is 5.75 Å². The van der Waals surface area contributed by atoms with E-state index in [4.69, 9.17) is 15.7 Å². The van der Waals surface area contributed by atoms with Crippen LogP contribution >= 0.6 is 0 Å². The second-order valence-electron chi connectivity index (χ2n) is 3.59. The summed E-state index contributed by atoms with van der Waals surface area (Å²) in [5, 5.41) is 11.5. The molecule has 2 rings (SSSR count). The number of oxime groups is 1. The minimum absolute atomic E-state index is 0.0142. The number of benzene rings is 1. The van der Waals surface area contributed by atoms with Crippen LogP contribution in [-0.4, -0.2) is 27.2 Å². The number of ether oxygens (including phenoxy) is 1. The molecule has 0 saturated carbocycles. The van der Waals surface area contributed by atoms with Crippen molar-refractivity contribution < 1.29 is 9.94 Å². The maximum Gasteiger partial charge on any atom is 0.206 e. The van der Waals surface area contributed by atoms with E-state index in [-0.39, 0.29) is 5.84 Å². The molecule has 1 aromatic heterocycles. The predicted molar refractivity (Wildman–Crippen MR) is 66.7 cm³/mol. The van der Waals surface area contributed by atoms with Crippen LogP contribution in [0, 0.1) is 0 Å². The lowest BCUT2D eigenvalue weighted by molar-refractivity contribution is 0.297. The molecule has 6 heteroatoms. The van der Waals surface area contributed by atoms with Gasteiger partial charge in [0.25, 0.3) is 0 Å². The Morgan fingerprint density at radius 1 is 1.39 bits per heavy atom. The van der Waals surface area contributed by atoms with Crippen molar-refractivity contribution in [1.82, 2.24) is 9.55 Å². The highest BCUT2D eigenvalue weighted by molar-refractivity contribution is 5.93. The van der Waals surface area contributed by atoms with E-state index < -0.39 is 0 Å². The third-order valence-corrected chi connectivity index (χ3v) is 2.40. The molecule has 0 unspecified atom stereocenters. The number of nitrogens with two attached hydrogens (primary N) is 1. The van der Waals surface area contributed by atoms with E-state index >= 15 is 0 Å². The summed E-state index contributed by atoms with van der Waals surface area (Å²) in [6, 6.07) is 9.53. The number of hydrogen-bond donors (Lipinski definition) is 2. The average molecular weight is 246 g/mol. The average Bonchev–Trinajstić information content (AvgIpc) is 2.87. The fraction of sp³-hybridized carbons (Fsp3) is 0.167. The summed E-state index contributed by atoms with van der Waals surface area (Å²) in [6.45, 7) is 1.05. The van der Waals surface area contributed by atoms with Gasteiger partial charge in [-0.3, -0.25) is 0 Å². The van der Waals surface area contributed by atoms with Crippen LogP contribution in [-0.2, 0) is 6.54 Å². The first-order chi connectivity index (χ1) is 8.81. The summed E-state index contributed by atoms with van der Waals surface area (Å²) >= 11 is 0. The zero-order valence-corrected chi connectivity index (χ0v) is 9.73. The highest BCUT2D eigenvalue weighted by atomic mass is 16.5. The zero-order valence-electron chi connectivity index (χ0n) is 9.73. The summed E-state index contributed by atoms with van der Waals surface area (Å²) in [5.41, 5.74) is 5.50. The van der Waals surface area contributed by atoms with Gasteiger partial charge in [-0.05, 0) is 12.1 Å². The Kier molecular flexibility index (Phi) is 3.80. The summed E-state index contributed by atoms with van der Waals surface area (Å²) < 4.78 is 7.32. The molecule has 6 nitrogen and oxygen atoms in total. The highest BCUT2D eigenvalue weighted by Gasteiger charge is 2.07. The third kappa shape index (κ3) is 2.79. The maximum atomic E-state index is 8.61. The smallest absolute Gasteiger partial charge is 0.206 e. The van der Waals surface area contributed by atoms with E-state index in [2.05, 4.69) is 10.1 Å². The summed E-state index contributed by atoms with van der Waals surface area (Å²) in [6.07, 6.45) is 3.34. The van der Waals surface area contributed by atoms with Crippen LogP contribution < -0.4 is 10.5 Å². The number of aromatic nitrogens is 2. The van der Waals surface area contributed by atoms with Crippen molar-refractivity contribution in [3.05, 3.63) is 48.5 Å². The Morgan fingerprint density at radius 2 is 2.17 bits per heavy atom.